The van der Waals surface area contributed by atoms with Gasteiger partial charge in [-0.2, -0.15) is 0 Å². The third kappa shape index (κ3) is 4.77. The van der Waals surface area contributed by atoms with Gasteiger partial charge in [-0.15, -0.1) is 0 Å². The molecule has 1 aliphatic carbocycles. The van der Waals surface area contributed by atoms with Crippen molar-refractivity contribution in [2.24, 2.45) is 10.9 Å². The van der Waals surface area contributed by atoms with Crippen LogP contribution in [0, 0.1) is 5.92 Å². The molecule has 1 amide bonds. The van der Waals surface area contributed by atoms with E-state index in [0.29, 0.717) is 17.9 Å². The Morgan fingerprint density at radius 2 is 2.05 bits per heavy atom. The van der Waals surface area contributed by atoms with Crippen molar-refractivity contribution in [3.63, 3.8) is 0 Å². The third-order valence-corrected chi connectivity index (χ3v) is 3.71. The highest BCUT2D eigenvalue weighted by Gasteiger charge is 2.37. The smallest absolute Gasteiger partial charge is 0.241 e. The number of hydrogen-bond donors (Lipinski definition) is 2. The molecule has 0 bridgehead atoms. The minimum absolute atomic E-state index is 0.0367. The van der Waals surface area contributed by atoms with Crippen LogP contribution in [0.25, 0.3) is 0 Å². The Labute approximate surface area is 126 Å². The first-order valence-corrected chi connectivity index (χ1v) is 7.31. The summed E-state index contributed by atoms with van der Waals surface area (Å²) >= 11 is 0. The van der Waals surface area contributed by atoms with E-state index in [1.165, 1.54) is 5.56 Å². The number of rotatable bonds is 5. The van der Waals surface area contributed by atoms with Crippen molar-refractivity contribution in [1.29, 1.82) is 0 Å². The highest BCUT2D eigenvalue weighted by Crippen LogP contribution is 2.33. The van der Waals surface area contributed by atoms with E-state index >= 15 is 0 Å². The Bertz CT molecular complexity index is 498. The van der Waals surface area contributed by atoms with Crippen LogP contribution in [0.4, 0.5) is 0 Å². The van der Waals surface area contributed by atoms with Crippen LogP contribution in [0.15, 0.2) is 35.3 Å². The zero-order valence-electron chi connectivity index (χ0n) is 13.0. The maximum Gasteiger partial charge on any atom is 0.241 e. The van der Waals surface area contributed by atoms with Crippen LogP contribution in [0.5, 0.6) is 0 Å². The van der Waals surface area contributed by atoms with E-state index in [1.807, 2.05) is 6.07 Å². The highest BCUT2D eigenvalue weighted by atomic mass is 16.2. The zero-order valence-corrected chi connectivity index (χ0v) is 13.0. The van der Waals surface area contributed by atoms with Gasteiger partial charge >= 0.3 is 0 Å². The average molecular weight is 288 g/mol. The van der Waals surface area contributed by atoms with Crippen LogP contribution in [0.3, 0.4) is 0 Å². The summed E-state index contributed by atoms with van der Waals surface area (Å²) in [7, 11) is 5.22. The second-order valence-electron chi connectivity index (χ2n) is 5.65. The van der Waals surface area contributed by atoms with Gasteiger partial charge in [0.2, 0.25) is 5.91 Å². The molecule has 0 aromatic heterocycles. The molecule has 1 aliphatic rings. The lowest BCUT2D eigenvalue weighted by Gasteiger charge is -2.14. The van der Waals surface area contributed by atoms with Crippen LogP contribution < -0.4 is 10.6 Å². The number of nitrogens with one attached hydrogen (secondary N) is 2. The van der Waals surface area contributed by atoms with Crippen molar-refractivity contribution >= 4 is 11.9 Å². The molecule has 5 nitrogen and oxygen atoms in total. The molecule has 1 aromatic carbocycles. The third-order valence-electron chi connectivity index (χ3n) is 3.71. The fraction of sp³-hybridized carbons (Fsp3) is 0.500. The van der Waals surface area contributed by atoms with E-state index in [1.54, 1.807) is 26.0 Å². The number of carbonyl (C=O) groups is 1. The van der Waals surface area contributed by atoms with Crippen LogP contribution in [0.1, 0.15) is 12.0 Å². The molecule has 0 aliphatic heterocycles. The van der Waals surface area contributed by atoms with Crippen molar-refractivity contribution in [3.8, 4) is 0 Å². The second kappa shape index (κ2) is 7.11. The van der Waals surface area contributed by atoms with Gasteiger partial charge in [-0.3, -0.25) is 9.79 Å². The number of benzene rings is 1. The van der Waals surface area contributed by atoms with Gasteiger partial charge in [-0.1, -0.05) is 30.3 Å². The lowest BCUT2D eigenvalue weighted by atomic mass is 10.1. The number of aliphatic imine (C=N–C) groups is 1. The van der Waals surface area contributed by atoms with E-state index in [4.69, 9.17) is 0 Å². The van der Waals surface area contributed by atoms with Crippen molar-refractivity contribution in [3.05, 3.63) is 35.9 Å². The molecular formula is C16H24N4O. The fourth-order valence-electron chi connectivity index (χ4n) is 2.25. The van der Waals surface area contributed by atoms with E-state index in [0.717, 1.165) is 12.8 Å². The SMILES string of the molecule is CN=C(NCC(=O)N(C)C)NC1CC1Cc1ccccc1. The minimum Gasteiger partial charge on any atom is -0.353 e. The van der Waals surface area contributed by atoms with Crippen molar-refractivity contribution in [2.45, 2.75) is 18.9 Å². The topological polar surface area (TPSA) is 56.7 Å². The summed E-state index contributed by atoms with van der Waals surface area (Å²) < 4.78 is 0. The summed E-state index contributed by atoms with van der Waals surface area (Å²) in [6.07, 6.45) is 2.24. The monoisotopic (exact) mass is 288 g/mol. The highest BCUT2D eigenvalue weighted by molar-refractivity contribution is 5.86. The predicted molar refractivity (Wildman–Crippen MR) is 85.2 cm³/mol. The summed E-state index contributed by atoms with van der Waals surface area (Å²) in [5.41, 5.74) is 1.37. The summed E-state index contributed by atoms with van der Waals surface area (Å²) in [5, 5.41) is 6.43. The second-order valence-corrected chi connectivity index (χ2v) is 5.65. The molecule has 1 saturated carbocycles. The molecular weight excluding hydrogens is 264 g/mol. The summed E-state index contributed by atoms with van der Waals surface area (Å²) in [6, 6.07) is 11.0. The number of nitrogens with zero attached hydrogens (tertiary/aromatic N) is 2. The lowest BCUT2D eigenvalue weighted by Crippen LogP contribution is -2.44. The fourth-order valence-corrected chi connectivity index (χ4v) is 2.25. The number of guanidine groups is 1. The summed E-state index contributed by atoms with van der Waals surface area (Å²) in [6.45, 7) is 0.267. The number of hydrogen-bond acceptors (Lipinski definition) is 2. The zero-order chi connectivity index (χ0) is 15.2. The molecule has 2 N–H and O–H groups in total. The van der Waals surface area contributed by atoms with Gasteiger partial charge in [0.25, 0.3) is 0 Å². The Hall–Kier alpha value is -2.04. The predicted octanol–water partition coefficient (Wildman–Crippen LogP) is 0.871. The van der Waals surface area contributed by atoms with Crippen LogP contribution >= 0.6 is 0 Å². The first-order chi connectivity index (χ1) is 10.1. The molecule has 1 aromatic rings. The molecule has 2 unspecified atom stereocenters. The number of likely N-dealkylation sites (N-methyl/N-ethyl adjacent to an activating group) is 1. The first-order valence-electron chi connectivity index (χ1n) is 7.31. The molecule has 5 heteroatoms. The van der Waals surface area contributed by atoms with Crippen molar-refractivity contribution < 1.29 is 4.79 Å². The summed E-state index contributed by atoms with van der Waals surface area (Å²) in [5.74, 6) is 1.39. The van der Waals surface area contributed by atoms with Gasteiger partial charge in [-0.05, 0) is 24.3 Å². The Morgan fingerprint density at radius 1 is 1.33 bits per heavy atom. The average Bonchev–Trinajstić information content (AvgIpc) is 3.21. The van der Waals surface area contributed by atoms with Crippen LogP contribution in [-0.2, 0) is 11.2 Å². The van der Waals surface area contributed by atoms with Gasteiger partial charge in [0.05, 0.1) is 6.54 Å². The van der Waals surface area contributed by atoms with Gasteiger partial charge in [0, 0.05) is 27.2 Å². The van der Waals surface area contributed by atoms with Gasteiger partial charge in [0.1, 0.15) is 0 Å². The number of amides is 1. The molecule has 114 valence electrons. The lowest BCUT2D eigenvalue weighted by molar-refractivity contribution is -0.127. The van der Waals surface area contributed by atoms with Crippen LogP contribution in [0.2, 0.25) is 0 Å². The van der Waals surface area contributed by atoms with E-state index in [9.17, 15) is 4.79 Å². The van der Waals surface area contributed by atoms with E-state index in [2.05, 4.69) is 39.9 Å². The molecule has 2 rings (SSSR count). The molecule has 0 spiro atoms. The molecule has 0 saturated heterocycles. The maximum absolute atomic E-state index is 11.6. The van der Waals surface area contributed by atoms with Crippen molar-refractivity contribution in [2.75, 3.05) is 27.7 Å². The molecule has 2 atom stereocenters. The van der Waals surface area contributed by atoms with Gasteiger partial charge in [-0.25, -0.2) is 0 Å². The Kier molecular flexibility index (Phi) is 5.20. The normalized spacial score (nSPS) is 20.8. The van der Waals surface area contributed by atoms with E-state index in [-0.39, 0.29) is 12.5 Å². The Balaban J connectivity index is 1.73. The van der Waals surface area contributed by atoms with Crippen molar-refractivity contribution in [1.82, 2.24) is 15.5 Å². The number of carbonyl (C=O) groups excluding carboxylic acids is 1. The molecule has 0 heterocycles. The Morgan fingerprint density at radius 3 is 2.67 bits per heavy atom. The molecule has 0 radical (unpaired) electrons. The standard InChI is InChI=1S/C16H24N4O/c1-17-16(18-11-15(21)20(2)3)19-14-10-13(14)9-12-7-5-4-6-8-12/h4-8,13-14H,9-11H2,1-3H3,(H2,17,18,19). The minimum atomic E-state index is 0.0367. The molecule has 21 heavy (non-hydrogen) atoms. The summed E-state index contributed by atoms with van der Waals surface area (Å²) in [4.78, 5) is 17.3. The quantitative estimate of drug-likeness (QED) is 0.624. The molecule has 1 fully saturated rings. The largest absolute Gasteiger partial charge is 0.353 e. The maximum atomic E-state index is 11.6. The first kappa shape index (κ1) is 15.4. The van der Waals surface area contributed by atoms with Gasteiger partial charge < -0.3 is 15.5 Å². The van der Waals surface area contributed by atoms with Crippen LogP contribution in [-0.4, -0.2) is 50.5 Å². The van der Waals surface area contributed by atoms with E-state index < -0.39 is 0 Å². The van der Waals surface area contributed by atoms with Gasteiger partial charge in [0.15, 0.2) is 5.96 Å².